The highest BCUT2D eigenvalue weighted by Gasteiger charge is 2.77. The zero-order valence-corrected chi connectivity index (χ0v) is 23.5. The molecule has 2 aliphatic rings. The van der Waals surface area contributed by atoms with E-state index in [0.29, 0.717) is 16.7 Å². The van der Waals surface area contributed by atoms with Crippen molar-refractivity contribution < 1.29 is 32.3 Å². The van der Waals surface area contributed by atoms with Crippen molar-refractivity contribution in [3.05, 3.63) is 102 Å². The van der Waals surface area contributed by atoms with Gasteiger partial charge in [-0.15, -0.1) is 0 Å². The minimum absolute atomic E-state index is 0.0215. The van der Waals surface area contributed by atoms with E-state index in [9.17, 15) is 22.8 Å². The molecule has 0 spiro atoms. The molecular weight excluding hydrogens is 528 g/mol. The molecule has 206 valence electrons. The summed E-state index contributed by atoms with van der Waals surface area (Å²) >= 11 is 0. The SMILES string of the molecule is CC(=O)OC(OC(C)=O)C1C(S(=O)(=O)c2ccccc2)[C@]2(C)C(=O)[C@]1(C)C(c1ccccc1)=C2c1ccccc1. The third-order valence-corrected chi connectivity index (χ3v) is 10.5. The Labute approximate surface area is 233 Å². The maximum atomic E-state index is 14.8. The molecule has 0 aromatic heterocycles. The number of allylic oxidation sites excluding steroid dienone is 2. The Morgan fingerprint density at radius 3 is 1.52 bits per heavy atom. The molecule has 2 unspecified atom stereocenters. The number of sulfone groups is 1. The van der Waals surface area contributed by atoms with E-state index in [1.807, 2.05) is 60.7 Å². The molecule has 8 heteroatoms. The Kier molecular flexibility index (Phi) is 6.78. The molecule has 2 bridgehead atoms. The van der Waals surface area contributed by atoms with Crippen molar-refractivity contribution in [1.82, 2.24) is 0 Å². The van der Waals surface area contributed by atoms with E-state index < -0.39 is 50.1 Å². The number of benzene rings is 3. The first-order chi connectivity index (χ1) is 18.9. The van der Waals surface area contributed by atoms with Crippen molar-refractivity contribution in [2.75, 3.05) is 0 Å². The molecule has 40 heavy (non-hydrogen) atoms. The highest BCUT2D eigenvalue weighted by molar-refractivity contribution is 7.92. The number of hydrogen-bond acceptors (Lipinski definition) is 7. The number of fused-ring (bicyclic) bond motifs is 2. The van der Waals surface area contributed by atoms with Crippen LogP contribution in [0.1, 0.15) is 38.8 Å². The smallest absolute Gasteiger partial charge is 0.305 e. The molecule has 0 saturated heterocycles. The number of carbonyl (C=O) groups is 3. The summed E-state index contributed by atoms with van der Waals surface area (Å²) in [6, 6.07) is 26.4. The van der Waals surface area contributed by atoms with Gasteiger partial charge in [0.1, 0.15) is 0 Å². The maximum absolute atomic E-state index is 14.8. The molecule has 1 saturated carbocycles. The Balaban J connectivity index is 1.91. The second-order valence-electron chi connectivity index (χ2n) is 10.6. The van der Waals surface area contributed by atoms with Crippen molar-refractivity contribution in [2.45, 2.75) is 44.1 Å². The summed E-state index contributed by atoms with van der Waals surface area (Å²) < 4.78 is 40.2. The Hall–Kier alpha value is -4.04. The van der Waals surface area contributed by atoms with Crippen LogP contribution in [0.25, 0.3) is 11.1 Å². The van der Waals surface area contributed by atoms with E-state index in [-0.39, 0.29) is 10.7 Å². The number of hydrogen-bond donors (Lipinski definition) is 0. The second-order valence-corrected chi connectivity index (χ2v) is 12.7. The average Bonchev–Trinajstić information content (AvgIpc) is 3.22. The van der Waals surface area contributed by atoms with E-state index in [0.717, 1.165) is 19.4 Å². The van der Waals surface area contributed by atoms with Gasteiger partial charge >= 0.3 is 11.9 Å². The Morgan fingerprint density at radius 2 is 1.10 bits per heavy atom. The highest BCUT2D eigenvalue weighted by Crippen LogP contribution is 2.72. The first kappa shape index (κ1) is 27.5. The molecule has 1 fully saturated rings. The van der Waals surface area contributed by atoms with Crippen LogP contribution in [0.3, 0.4) is 0 Å². The van der Waals surface area contributed by atoms with Crippen LogP contribution < -0.4 is 0 Å². The van der Waals surface area contributed by atoms with Gasteiger partial charge in [-0.25, -0.2) is 8.42 Å². The Morgan fingerprint density at radius 1 is 0.700 bits per heavy atom. The topological polar surface area (TPSA) is 104 Å². The maximum Gasteiger partial charge on any atom is 0.305 e. The number of ether oxygens (including phenoxy) is 2. The molecule has 0 amide bonds. The van der Waals surface area contributed by atoms with Crippen LogP contribution in [0, 0.1) is 16.7 Å². The minimum Gasteiger partial charge on any atom is -0.425 e. The molecule has 0 radical (unpaired) electrons. The standard InChI is InChI=1S/C32H30O7S/c1-20(33)38-29(39-21(2)34)27-28(40(36,37)24-18-12-7-13-19-24)32(4)26(23-16-10-6-11-17-23)25(31(27,3)30(32)35)22-14-8-5-9-15-22/h5-19,27-29H,1-4H3/t27?,28?,31-,32-/m1/s1. The van der Waals surface area contributed by atoms with Crippen LogP contribution >= 0.6 is 0 Å². The van der Waals surface area contributed by atoms with Crippen molar-refractivity contribution in [3.63, 3.8) is 0 Å². The fourth-order valence-electron chi connectivity index (χ4n) is 6.81. The van der Waals surface area contributed by atoms with Crippen LogP contribution in [-0.2, 0) is 33.7 Å². The fourth-order valence-corrected chi connectivity index (χ4v) is 9.27. The van der Waals surface area contributed by atoms with Crippen LogP contribution in [0.2, 0.25) is 0 Å². The molecule has 4 atom stereocenters. The number of carbonyl (C=O) groups excluding carboxylic acids is 3. The van der Waals surface area contributed by atoms with Crippen molar-refractivity contribution in [2.24, 2.45) is 16.7 Å². The predicted octanol–water partition coefficient (Wildman–Crippen LogP) is 5.12. The van der Waals surface area contributed by atoms with Crippen LogP contribution in [0.15, 0.2) is 95.9 Å². The number of esters is 2. The Bertz CT molecular complexity index is 1600. The summed E-state index contributed by atoms with van der Waals surface area (Å²) in [5.41, 5.74) is -0.407. The van der Waals surface area contributed by atoms with Gasteiger partial charge in [-0.05, 0) is 48.3 Å². The van der Waals surface area contributed by atoms with Crippen LogP contribution in [-0.4, -0.2) is 37.7 Å². The number of Topliss-reactive ketones (excluding diaryl/α,β-unsaturated/α-hetero) is 1. The van der Waals surface area contributed by atoms with Gasteiger partial charge in [-0.2, -0.15) is 0 Å². The molecule has 3 aromatic rings. The van der Waals surface area contributed by atoms with Gasteiger partial charge in [0.2, 0.25) is 0 Å². The lowest BCUT2D eigenvalue weighted by atomic mass is 9.67. The monoisotopic (exact) mass is 558 g/mol. The van der Waals surface area contributed by atoms with E-state index >= 15 is 0 Å². The molecule has 7 nitrogen and oxygen atoms in total. The van der Waals surface area contributed by atoms with Crippen molar-refractivity contribution in [1.29, 1.82) is 0 Å². The fraction of sp³-hybridized carbons (Fsp3) is 0.281. The van der Waals surface area contributed by atoms with Gasteiger partial charge in [-0.1, -0.05) is 78.9 Å². The van der Waals surface area contributed by atoms with Crippen LogP contribution in [0.5, 0.6) is 0 Å². The summed E-state index contributed by atoms with van der Waals surface area (Å²) in [7, 11) is -4.25. The van der Waals surface area contributed by atoms with Gasteiger partial charge in [0, 0.05) is 13.8 Å². The summed E-state index contributed by atoms with van der Waals surface area (Å²) in [5, 5.41) is -1.41. The molecule has 0 heterocycles. The molecule has 5 rings (SSSR count). The molecule has 0 aliphatic heterocycles. The van der Waals surface area contributed by atoms with E-state index in [1.165, 1.54) is 12.1 Å². The molecule has 2 aliphatic carbocycles. The van der Waals surface area contributed by atoms with Crippen molar-refractivity contribution >= 4 is 38.7 Å². The van der Waals surface area contributed by atoms with Gasteiger partial charge in [0.25, 0.3) is 6.29 Å². The lowest BCUT2D eigenvalue weighted by Crippen LogP contribution is -2.50. The average molecular weight is 559 g/mol. The van der Waals surface area contributed by atoms with E-state index in [4.69, 9.17) is 9.47 Å². The lowest BCUT2D eigenvalue weighted by molar-refractivity contribution is -0.199. The summed E-state index contributed by atoms with van der Waals surface area (Å²) in [6.45, 7) is 5.63. The van der Waals surface area contributed by atoms with Crippen molar-refractivity contribution in [3.8, 4) is 0 Å². The second kappa shape index (κ2) is 9.86. The normalized spacial score (nSPS) is 25.8. The first-order valence-electron chi connectivity index (χ1n) is 13.0. The lowest BCUT2D eigenvalue weighted by Gasteiger charge is -2.43. The van der Waals surface area contributed by atoms with E-state index in [2.05, 4.69) is 0 Å². The minimum atomic E-state index is -4.25. The zero-order chi connectivity index (χ0) is 28.9. The first-order valence-corrected chi connectivity index (χ1v) is 14.5. The molecule has 3 aromatic carbocycles. The third kappa shape index (κ3) is 4.01. The van der Waals surface area contributed by atoms with E-state index in [1.54, 1.807) is 32.0 Å². The van der Waals surface area contributed by atoms with Gasteiger partial charge < -0.3 is 9.47 Å². The number of ketones is 1. The van der Waals surface area contributed by atoms with Crippen LogP contribution in [0.4, 0.5) is 0 Å². The van der Waals surface area contributed by atoms with Gasteiger partial charge in [0.15, 0.2) is 15.6 Å². The number of rotatable bonds is 7. The largest absolute Gasteiger partial charge is 0.425 e. The third-order valence-electron chi connectivity index (χ3n) is 8.18. The summed E-state index contributed by atoms with van der Waals surface area (Å²) in [5.74, 6) is -3.10. The molecular formula is C32H30O7S. The van der Waals surface area contributed by atoms with Gasteiger partial charge in [-0.3, -0.25) is 14.4 Å². The van der Waals surface area contributed by atoms with Gasteiger partial charge in [0.05, 0.1) is 26.9 Å². The summed E-state index contributed by atoms with van der Waals surface area (Å²) in [6.07, 6.45) is -1.62. The highest BCUT2D eigenvalue weighted by atomic mass is 32.2. The quantitative estimate of drug-likeness (QED) is 0.293. The summed E-state index contributed by atoms with van der Waals surface area (Å²) in [4.78, 5) is 39.3. The zero-order valence-electron chi connectivity index (χ0n) is 22.7. The predicted molar refractivity (Wildman–Crippen MR) is 149 cm³/mol. The molecule has 0 N–H and O–H groups in total.